The van der Waals surface area contributed by atoms with Crippen LogP contribution in [0.5, 0.6) is 0 Å². The zero-order valence-corrected chi connectivity index (χ0v) is 8.01. The summed E-state index contributed by atoms with van der Waals surface area (Å²) in [5, 5.41) is 4.69. The summed E-state index contributed by atoms with van der Waals surface area (Å²) in [5.41, 5.74) is 3.34. The molecule has 13 heavy (non-hydrogen) atoms. The lowest BCUT2D eigenvalue weighted by atomic mass is 10.4. The Hall–Kier alpha value is -0.720. The molecular weight excluding hydrogens is 188 g/mol. The van der Waals surface area contributed by atoms with Crippen molar-refractivity contribution in [3.05, 3.63) is 5.69 Å². The van der Waals surface area contributed by atoms with E-state index in [1.807, 2.05) is 0 Å². The Morgan fingerprint density at radius 3 is 3.15 bits per heavy atom. The molecule has 5 nitrogen and oxygen atoms in total. The van der Waals surface area contributed by atoms with E-state index < -0.39 is 0 Å². The quantitative estimate of drug-likeness (QED) is 0.542. The van der Waals surface area contributed by atoms with Gasteiger partial charge in [0, 0.05) is 18.1 Å². The first-order valence-electron chi connectivity index (χ1n) is 4.25. The highest BCUT2D eigenvalue weighted by Gasteiger charge is 2.21. The number of nitrogens with two attached hydrogens (primary N) is 1. The van der Waals surface area contributed by atoms with Gasteiger partial charge in [0.05, 0.1) is 6.61 Å². The number of ether oxygens (including phenoxy) is 1. The second-order valence-electron chi connectivity index (χ2n) is 3.15. The Bertz CT molecular complexity index is 273. The van der Waals surface area contributed by atoms with Crippen LogP contribution in [0.25, 0.3) is 0 Å². The number of aromatic nitrogens is 2. The smallest absolute Gasteiger partial charge is 0.149 e. The van der Waals surface area contributed by atoms with E-state index in [1.54, 1.807) is 0 Å². The number of rotatable bonds is 5. The van der Waals surface area contributed by atoms with Crippen molar-refractivity contribution >= 4 is 16.5 Å². The molecule has 0 aromatic carbocycles. The number of anilines is 1. The molecule has 1 aliphatic carbocycles. The number of hydrogen-bond donors (Lipinski definition) is 2. The van der Waals surface area contributed by atoms with Crippen LogP contribution in [0, 0.1) is 5.92 Å². The van der Waals surface area contributed by atoms with E-state index in [0.29, 0.717) is 6.61 Å². The maximum atomic E-state index is 5.45. The average molecular weight is 200 g/mol. The van der Waals surface area contributed by atoms with Crippen LogP contribution < -0.4 is 11.3 Å². The van der Waals surface area contributed by atoms with Crippen LogP contribution >= 0.6 is 11.5 Å². The minimum absolute atomic E-state index is 0.506. The first-order valence-corrected chi connectivity index (χ1v) is 5.03. The molecular formula is C7H12N4OS. The molecule has 3 N–H and O–H groups in total. The molecule has 6 heteroatoms. The predicted octanol–water partition coefficient (Wildman–Crippen LogP) is 0.750. The monoisotopic (exact) mass is 200 g/mol. The Morgan fingerprint density at radius 2 is 2.46 bits per heavy atom. The molecule has 0 radical (unpaired) electrons. The van der Waals surface area contributed by atoms with Crippen LogP contribution in [0.15, 0.2) is 0 Å². The van der Waals surface area contributed by atoms with Crippen molar-refractivity contribution in [3.8, 4) is 0 Å². The van der Waals surface area contributed by atoms with Crippen molar-refractivity contribution in [2.45, 2.75) is 19.4 Å². The maximum Gasteiger partial charge on any atom is 0.149 e. The van der Waals surface area contributed by atoms with Crippen molar-refractivity contribution in [2.24, 2.45) is 11.8 Å². The van der Waals surface area contributed by atoms with Gasteiger partial charge in [0.25, 0.3) is 0 Å². The van der Waals surface area contributed by atoms with Crippen molar-refractivity contribution in [1.29, 1.82) is 0 Å². The number of nitrogens with one attached hydrogen (secondary N) is 1. The first kappa shape index (κ1) is 8.86. The van der Waals surface area contributed by atoms with E-state index >= 15 is 0 Å². The SMILES string of the molecule is NNc1snnc1COCC1CC1. The molecule has 1 heterocycles. The molecule has 0 bridgehead atoms. The van der Waals surface area contributed by atoms with Gasteiger partial charge in [-0.1, -0.05) is 4.49 Å². The molecule has 0 saturated heterocycles. The number of nitrogen functional groups attached to an aromatic ring is 1. The van der Waals surface area contributed by atoms with Gasteiger partial charge in [0.15, 0.2) is 0 Å². The summed E-state index contributed by atoms with van der Waals surface area (Å²) in [4.78, 5) is 0. The summed E-state index contributed by atoms with van der Waals surface area (Å²) >= 11 is 1.25. The fourth-order valence-electron chi connectivity index (χ4n) is 1.02. The van der Waals surface area contributed by atoms with Gasteiger partial charge in [-0.05, 0) is 18.8 Å². The summed E-state index contributed by atoms with van der Waals surface area (Å²) in [6.45, 7) is 1.34. The lowest BCUT2D eigenvalue weighted by Crippen LogP contribution is -2.08. The van der Waals surface area contributed by atoms with Crippen LogP contribution in [0.3, 0.4) is 0 Å². The number of nitrogens with zero attached hydrogens (tertiary/aromatic N) is 2. The van der Waals surface area contributed by atoms with Crippen molar-refractivity contribution in [2.75, 3.05) is 12.0 Å². The average Bonchev–Trinajstić information content (AvgIpc) is 2.84. The Labute approximate surface area is 80.4 Å². The first-order chi connectivity index (χ1) is 6.40. The van der Waals surface area contributed by atoms with Gasteiger partial charge >= 0.3 is 0 Å². The number of hydrogen-bond acceptors (Lipinski definition) is 6. The van der Waals surface area contributed by atoms with Gasteiger partial charge in [-0.25, -0.2) is 5.84 Å². The Morgan fingerprint density at radius 1 is 1.62 bits per heavy atom. The van der Waals surface area contributed by atoms with E-state index in [9.17, 15) is 0 Å². The molecule has 0 amide bonds. The van der Waals surface area contributed by atoms with Gasteiger partial charge in [0.1, 0.15) is 10.7 Å². The number of hydrazine groups is 1. The van der Waals surface area contributed by atoms with Gasteiger partial charge in [-0.15, -0.1) is 5.10 Å². The van der Waals surface area contributed by atoms with Crippen molar-refractivity contribution in [1.82, 2.24) is 9.59 Å². The summed E-state index contributed by atoms with van der Waals surface area (Å²) in [6, 6.07) is 0. The summed E-state index contributed by atoms with van der Waals surface area (Å²) < 4.78 is 9.23. The van der Waals surface area contributed by atoms with E-state index in [4.69, 9.17) is 10.6 Å². The topological polar surface area (TPSA) is 73.1 Å². The Kier molecular flexibility index (Phi) is 2.72. The van der Waals surface area contributed by atoms with E-state index in [-0.39, 0.29) is 0 Å². The summed E-state index contributed by atoms with van der Waals surface area (Å²) in [7, 11) is 0. The highest BCUT2D eigenvalue weighted by Crippen LogP contribution is 2.29. The molecule has 0 spiro atoms. The molecule has 1 aromatic heterocycles. The van der Waals surface area contributed by atoms with Gasteiger partial charge in [-0.2, -0.15) is 0 Å². The molecule has 1 aliphatic rings. The fourth-order valence-corrected chi connectivity index (χ4v) is 1.50. The lowest BCUT2D eigenvalue weighted by molar-refractivity contribution is 0.109. The van der Waals surface area contributed by atoms with E-state index in [0.717, 1.165) is 23.2 Å². The van der Waals surface area contributed by atoms with Crippen LogP contribution in [-0.4, -0.2) is 16.2 Å². The molecule has 1 fully saturated rings. The molecule has 1 aromatic rings. The minimum Gasteiger partial charge on any atom is -0.375 e. The van der Waals surface area contributed by atoms with Crippen LogP contribution in [0.4, 0.5) is 5.00 Å². The standard InChI is InChI=1S/C7H12N4OS/c8-9-7-6(10-11-13-7)4-12-3-5-1-2-5/h5,9H,1-4,8H2. The zero-order valence-electron chi connectivity index (χ0n) is 7.19. The highest BCUT2D eigenvalue weighted by atomic mass is 32.1. The minimum atomic E-state index is 0.506. The molecule has 0 atom stereocenters. The third-order valence-electron chi connectivity index (χ3n) is 1.98. The van der Waals surface area contributed by atoms with Crippen LogP contribution in [0.1, 0.15) is 18.5 Å². The van der Waals surface area contributed by atoms with Gasteiger partial charge in [-0.3, -0.25) is 0 Å². The second kappa shape index (κ2) is 3.99. The fraction of sp³-hybridized carbons (Fsp3) is 0.714. The predicted molar refractivity (Wildman–Crippen MR) is 50.1 cm³/mol. The molecule has 0 aliphatic heterocycles. The van der Waals surface area contributed by atoms with E-state index in [1.165, 1.54) is 24.4 Å². The third-order valence-corrected chi connectivity index (χ3v) is 2.68. The van der Waals surface area contributed by atoms with Gasteiger partial charge in [0.2, 0.25) is 0 Å². The Balaban J connectivity index is 1.78. The maximum absolute atomic E-state index is 5.45. The molecule has 1 saturated carbocycles. The summed E-state index contributed by atoms with van der Waals surface area (Å²) in [5.74, 6) is 6.04. The zero-order chi connectivity index (χ0) is 9.10. The normalized spacial score (nSPS) is 16.1. The van der Waals surface area contributed by atoms with Crippen molar-refractivity contribution < 1.29 is 4.74 Å². The molecule has 0 unspecified atom stereocenters. The lowest BCUT2D eigenvalue weighted by Gasteiger charge is -2.01. The van der Waals surface area contributed by atoms with Crippen molar-refractivity contribution in [3.63, 3.8) is 0 Å². The van der Waals surface area contributed by atoms with Crippen LogP contribution in [-0.2, 0) is 11.3 Å². The van der Waals surface area contributed by atoms with Gasteiger partial charge < -0.3 is 10.2 Å². The van der Waals surface area contributed by atoms with E-state index in [2.05, 4.69) is 15.0 Å². The third kappa shape index (κ3) is 2.36. The highest BCUT2D eigenvalue weighted by molar-refractivity contribution is 7.10. The molecule has 2 rings (SSSR count). The largest absolute Gasteiger partial charge is 0.375 e. The van der Waals surface area contributed by atoms with Crippen LogP contribution in [0.2, 0.25) is 0 Å². The molecule has 72 valence electrons. The second-order valence-corrected chi connectivity index (χ2v) is 3.91. The summed E-state index contributed by atoms with van der Waals surface area (Å²) in [6.07, 6.45) is 2.61.